The first-order valence-corrected chi connectivity index (χ1v) is 15.1. The van der Waals surface area contributed by atoms with Gasteiger partial charge in [0.25, 0.3) is 0 Å². The van der Waals surface area contributed by atoms with Crippen molar-refractivity contribution in [3.05, 3.63) is 105 Å². The van der Waals surface area contributed by atoms with E-state index < -0.39 is 6.04 Å². The molecule has 0 aromatic heterocycles. The normalized spacial score (nSPS) is 14.3. The fraction of sp³-hybridized carbons (Fsp3) is 0.333. The Morgan fingerprint density at radius 1 is 1.03 bits per heavy atom. The molecule has 1 aliphatic carbocycles. The van der Waals surface area contributed by atoms with E-state index in [1.165, 1.54) is 17.8 Å². The van der Waals surface area contributed by atoms with Crippen LogP contribution in [-0.4, -0.2) is 34.6 Å². The summed E-state index contributed by atoms with van der Waals surface area (Å²) in [5, 5.41) is 3.55. The van der Waals surface area contributed by atoms with Crippen molar-refractivity contribution in [2.45, 2.75) is 56.5 Å². The van der Waals surface area contributed by atoms with Crippen LogP contribution in [0.2, 0.25) is 5.02 Å². The molecule has 0 bridgehead atoms. The van der Waals surface area contributed by atoms with Crippen LogP contribution in [-0.2, 0) is 28.3 Å². The zero-order chi connectivity index (χ0) is 26.9. The number of halogens is 3. The van der Waals surface area contributed by atoms with E-state index in [2.05, 4.69) is 21.2 Å². The molecular weight excluding hydrogens is 587 g/mol. The second-order valence-electron chi connectivity index (χ2n) is 9.54. The molecule has 0 unspecified atom stereocenters. The summed E-state index contributed by atoms with van der Waals surface area (Å²) >= 11 is 11.0. The molecule has 0 spiro atoms. The van der Waals surface area contributed by atoms with E-state index in [9.17, 15) is 14.0 Å². The number of carbonyl (C=O) groups is 2. The molecule has 0 aliphatic heterocycles. The minimum atomic E-state index is -0.679. The molecule has 38 heavy (non-hydrogen) atoms. The third-order valence-electron chi connectivity index (χ3n) is 6.75. The highest BCUT2D eigenvalue weighted by molar-refractivity contribution is 9.10. The van der Waals surface area contributed by atoms with Crippen LogP contribution in [0, 0.1) is 5.82 Å². The highest BCUT2D eigenvalue weighted by Crippen LogP contribution is 2.26. The van der Waals surface area contributed by atoms with Gasteiger partial charge in [0.2, 0.25) is 11.8 Å². The first-order chi connectivity index (χ1) is 18.4. The fourth-order valence-electron chi connectivity index (χ4n) is 4.75. The summed E-state index contributed by atoms with van der Waals surface area (Å²) < 4.78 is 15.2. The van der Waals surface area contributed by atoms with Gasteiger partial charge in [-0.1, -0.05) is 88.9 Å². The summed E-state index contributed by atoms with van der Waals surface area (Å²) in [6.07, 6.45) is 4.53. The molecule has 2 amide bonds. The Bertz CT molecular complexity index is 1220. The number of benzene rings is 3. The molecule has 1 atom stereocenters. The van der Waals surface area contributed by atoms with Crippen molar-refractivity contribution in [2.24, 2.45) is 0 Å². The van der Waals surface area contributed by atoms with Gasteiger partial charge >= 0.3 is 0 Å². The zero-order valence-electron chi connectivity index (χ0n) is 21.0. The molecule has 1 fully saturated rings. The Labute approximate surface area is 241 Å². The zero-order valence-corrected chi connectivity index (χ0v) is 24.2. The minimum absolute atomic E-state index is 0.0979. The first-order valence-electron chi connectivity index (χ1n) is 12.8. The van der Waals surface area contributed by atoms with Crippen molar-refractivity contribution in [1.29, 1.82) is 0 Å². The molecular formula is C30H31BrClFN2O2S. The molecule has 0 heterocycles. The summed E-state index contributed by atoms with van der Waals surface area (Å²) in [5.74, 6) is -0.335. The molecule has 3 aromatic carbocycles. The third-order valence-corrected chi connectivity index (χ3v) is 8.54. The third kappa shape index (κ3) is 8.08. The van der Waals surface area contributed by atoms with Gasteiger partial charge in [0.15, 0.2) is 0 Å². The quantitative estimate of drug-likeness (QED) is 0.248. The fourth-order valence-corrected chi connectivity index (χ4v) is 6.44. The average molecular weight is 618 g/mol. The Morgan fingerprint density at radius 3 is 2.45 bits per heavy atom. The monoisotopic (exact) mass is 616 g/mol. The summed E-state index contributed by atoms with van der Waals surface area (Å²) in [4.78, 5) is 29.1. The second-order valence-corrected chi connectivity index (χ2v) is 11.8. The standard InChI is InChI=1S/C30H31BrClFN2O2S/c31-23-11-6-10-22(16-23)18-35(29(36)20-38-19-25-26(32)14-7-15-27(25)33)28(17-21-8-2-1-3-9-21)30(37)34-24-12-4-5-13-24/h1-3,6-11,14-16,24,28H,4-5,12-13,17-20H2,(H,34,37)/t28-/m1/s1. The average Bonchev–Trinajstić information content (AvgIpc) is 3.41. The van der Waals surface area contributed by atoms with Gasteiger partial charge in [-0.2, -0.15) is 0 Å². The van der Waals surface area contributed by atoms with Crippen LogP contribution in [0.1, 0.15) is 42.4 Å². The maximum Gasteiger partial charge on any atom is 0.243 e. The van der Waals surface area contributed by atoms with Crippen LogP contribution in [0.25, 0.3) is 0 Å². The van der Waals surface area contributed by atoms with Gasteiger partial charge in [0, 0.05) is 39.8 Å². The lowest BCUT2D eigenvalue weighted by atomic mass is 10.0. The number of hydrogen-bond acceptors (Lipinski definition) is 3. The minimum Gasteiger partial charge on any atom is -0.352 e. The topological polar surface area (TPSA) is 49.4 Å². The lowest BCUT2D eigenvalue weighted by Gasteiger charge is -2.32. The predicted molar refractivity (Wildman–Crippen MR) is 157 cm³/mol. The van der Waals surface area contributed by atoms with Crippen molar-refractivity contribution in [1.82, 2.24) is 10.2 Å². The SMILES string of the molecule is O=C(NC1CCCC1)[C@@H](Cc1ccccc1)N(Cc1cccc(Br)c1)C(=O)CSCc1c(F)cccc1Cl. The van der Waals surface area contributed by atoms with Gasteiger partial charge in [-0.3, -0.25) is 9.59 Å². The molecule has 8 heteroatoms. The van der Waals surface area contributed by atoms with Gasteiger partial charge in [0.05, 0.1) is 5.75 Å². The Kier molecular flexibility index (Phi) is 10.7. The summed E-state index contributed by atoms with van der Waals surface area (Å²) in [6, 6.07) is 21.6. The lowest BCUT2D eigenvalue weighted by molar-refractivity contribution is -0.139. The van der Waals surface area contributed by atoms with Gasteiger partial charge in [-0.05, 0) is 48.2 Å². The first kappa shape index (κ1) is 28.7. The highest BCUT2D eigenvalue weighted by atomic mass is 79.9. The van der Waals surface area contributed by atoms with E-state index in [4.69, 9.17) is 11.6 Å². The predicted octanol–water partition coefficient (Wildman–Crippen LogP) is 7.17. The lowest BCUT2D eigenvalue weighted by Crippen LogP contribution is -2.52. The van der Waals surface area contributed by atoms with Gasteiger partial charge in [-0.15, -0.1) is 11.8 Å². The smallest absolute Gasteiger partial charge is 0.243 e. The number of thioether (sulfide) groups is 1. The maximum absolute atomic E-state index is 14.3. The molecule has 0 radical (unpaired) electrons. The van der Waals surface area contributed by atoms with Gasteiger partial charge < -0.3 is 10.2 Å². The molecule has 1 saturated carbocycles. The van der Waals surface area contributed by atoms with Crippen molar-refractivity contribution in [3.8, 4) is 0 Å². The van der Waals surface area contributed by atoms with Crippen LogP contribution in [0.15, 0.2) is 77.3 Å². The number of nitrogens with zero attached hydrogens (tertiary/aromatic N) is 1. The number of carbonyl (C=O) groups excluding carboxylic acids is 2. The van der Waals surface area contributed by atoms with Crippen molar-refractivity contribution < 1.29 is 14.0 Å². The molecule has 4 nitrogen and oxygen atoms in total. The van der Waals surface area contributed by atoms with Crippen molar-refractivity contribution in [3.63, 3.8) is 0 Å². The van der Waals surface area contributed by atoms with E-state index >= 15 is 0 Å². The van der Waals surface area contributed by atoms with Gasteiger partial charge in [0.1, 0.15) is 11.9 Å². The number of hydrogen-bond donors (Lipinski definition) is 1. The largest absolute Gasteiger partial charge is 0.352 e. The Balaban J connectivity index is 1.58. The molecule has 200 valence electrons. The number of amides is 2. The summed E-state index contributed by atoms with van der Waals surface area (Å²) in [5.41, 5.74) is 2.28. The summed E-state index contributed by atoms with van der Waals surface area (Å²) in [7, 11) is 0. The van der Waals surface area contributed by atoms with Crippen LogP contribution in [0.3, 0.4) is 0 Å². The van der Waals surface area contributed by atoms with E-state index in [1.807, 2.05) is 54.6 Å². The van der Waals surface area contributed by atoms with E-state index in [-0.39, 0.29) is 41.7 Å². The molecule has 1 aliphatic rings. The van der Waals surface area contributed by atoms with Crippen molar-refractivity contribution >= 4 is 51.1 Å². The molecule has 0 saturated heterocycles. The molecule has 1 N–H and O–H groups in total. The summed E-state index contributed by atoms with van der Waals surface area (Å²) in [6.45, 7) is 0.287. The Morgan fingerprint density at radius 2 is 1.74 bits per heavy atom. The Hall–Kier alpha value is -2.35. The number of rotatable bonds is 11. The second kappa shape index (κ2) is 14.2. The van der Waals surface area contributed by atoms with Crippen molar-refractivity contribution in [2.75, 3.05) is 5.75 Å². The van der Waals surface area contributed by atoms with Crippen LogP contribution >= 0.6 is 39.3 Å². The van der Waals surface area contributed by atoms with Crippen LogP contribution < -0.4 is 5.32 Å². The van der Waals surface area contributed by atoms with Crippen LogP contribution in [0.5, 0.6) is 0 Å². The highest BCUT2D eigenvalue weighted by Gasteiger charge is 2.32. The maximum atomic E-state index is 14.3. The van der Waals surface area contributed by atoms with E-state index in [1.54, 1.807) is 17.0 Å². The van der Waals surface area contributed by atoms with E-state index in [0.29, 0.717) is 17.0 Å². The molecule has 3 aromatic rings. The number of nitrogens with one attached hydrogen (secondary N) is 1. The van der Waals surface area contributed by atoms with Crippen LogP contribution in [0.4, 0.5) is 4.39 Å². The van der Waals surface area contributed by atoms with E-state index in [0.717, 1.165) is 41.3 Å². The molecule has 4 rings (SSSR count). The van der Waals surface area contributed by atoms with Gasteiger partial charge in [-0.25, -0.2) is 4.39 Å².